The maximum absolute atomic E-state index is 14.2. The molecule has 127 heavy (non-hydrogen) atoms. The molecule has 626 valence electrons. The van der Waals surface area contributed by atoms with E-state index in [1.807, 2.05) is 240 Å². The Kier molecular flexibility index (Phi) is 23.1. The zero-order valence-electron chi connectivity index (χ0n) is 69.3. The first-order valence-corrected chi connectivity index (χ1v) is 41.8. The fourth-order valence-electron chi connectivity index (χ4n) is 16.0. The molecule has 0 spiro atoms. The highest BCUT2D eigenvalue weighted by Crippen LogP contribution is 2.39. The molecule has 1 fully saturated rings. The second kappa shape index (κ2) is 35.6. The van der Waals surface area contributed by atoms with Crippen molar-refractivity contribution in [2.75, 3.05) is 21.3 Å². The third-order valence-electron chi connectivity index (χ3n) is 22.2. The largest absolute Gasteiger partial charge is 0.360 e. The number of aromatic nitrogens is 18. The van der Waals surface area contributed by atoms with Crippen LogP contribution in [0.25, 0.3) is 115 Å². The topological polar surface area (TPSA) is 309 Å². The molecular weight excluding hydrogens is 1640 g/mol. The van der Waals surface area contributed by atoms with Gasteiger partial charge in [0.2, 0.25) is 0 Å². The smallest absolute Gasteiger partial charge is 0.264 e. The van der Waals surface area contributed by atoms with Crippen LogP contribution in [0.3, 0.4) is 0 Å². The van der Waals surface area contributed by atoms with Gasteiger partial charge in [-0.2, -0.15) is 5.10 Å². The van der Waals surface area contributed by atoms with Gasteiger partial charge in [-0.25, -0.2) is 44.3 Å². The molecule has 4 N–H and O–H groups in total. The maximum Gasteiger partial charge on any atom is 0.264 e. The van der Waals surface area contributed by atoms with Gasteiger partial charge in [0.05, 0.1) is 84.0 Å². The molecule has 0 bridgehead atoms. The Balaban J connectivity index is 0.000000115. The van der Waals surface area contributed by atoms with Crippen molar-refractivity contribution in [2.45, 2.75) is 77.7 Å². The highest BCUT2D eigenvalue weighted by atomic mass is 35.5. The van der Waals surface area contributed by atoms with Gasteiger partial charge in [-0.3, -0.25) is 57.5 Å². The number of benzene rings is 7. The lowest BCUT2D eigenvalue weighted by Crippen LogP contribution is -2.26. The molecule has 4 atom stereocenters. The summed E-state index contributed by atoms with van der Waals surface area (Å²) in [7, 11) is 1.87. The summed E-state index contributed by atoms with van der Waals surface area (Å²) in [4.78, 5) is 107. The molecule has 0 aliphatic heterocycles. The fourth-order valence-corrected chi connectivity index (χ4v) is 16.5. The van der Waals surface area contributed by atoms with E-state index in [9.17, 15) is 23.6 Å². The van der Waals surface area contributed by atoms with E-state index in [2.05, 4.69) is 98.3 Å². The normalized spacial score (nSPS) is 12.8. The van der Waals surface area contributed by atoms with Crippen LogP contribution in [-0.2, 0) is 7.05 Å². The van der Waals surface area contributed by atoms with Crippen molar-refractivity contribution in [3.63, 3.8) is 0 Å². The molecule has 13 heterocycles. The number of nitrogens with one attached hydrogen (secondary N) is 4. The van der Waals surface area contributed by atoms with E-state index in [0.29, 0.717) is 88.0 Å². The molecule has 26 nitrogen and oxygen atoms in total. The van der Waals surface area contributed by atoms with Crippen LogP contribution in [0.4, 0.5) is 27.7 Å². The van der Waals surface area contributed by atoms with E-state index in [-0.39, 0.29) is 52.4 Å². The number of para-hydroxylation sites is 2. The number of hydrogen-bond acceptors (Lipinski definition) is 21. The van der Waals surface area contributed by atoms with Crippen molar-refractivity contribution in [3.8, 4) is 28.2 Å². The van der Waals surface area contributed by atoms with Crippen molar-refractivity contribution in [1.82, 2.24) is 87.9 Å². The molecule has 20 aromatic rings. The van der Waals surface area contributed by atoms with Gasteiger partial charge in [0, 0.05) is 89.5 Å². The Morgan fingerprint density at radius 1 is 0.378 bits per heavy atom. The van der Waals surface area contributed by atoms with Crippen molar-refractivity contribution >= 4 is 134 Å². The Labute approximate surface area is 734 Å². The van der Waals surface area contributed by atoms with Gasteiger partial charge >= 0.3 is 0 Å². The van der Waals surface area contributed by atoms with Crippen molar-refractivity contribution < 1.29 is 4.39 Å². The summed E-state index contributed by atoms with van der Waals surface area (Å²) in [5.41, 5.74) is 13.5. The highest BCUT2D eigenvalue weighted by Gasteiger charge is 2.31. The second-order valence-electron chi connectivity index (χ2n) is 30.8. The molecule has 0 amide bonds. The summed E-state index contributed by atoms with van der Waals surface area (Å²) in [6, 6.07) is 70.3. The van der Waals surface area contributed by atoms with Gasteiger partial charge in [-0.1, -0.05) is 120 Å². The number of hydrogen-bond donors (Lipinski definition) is 4. The zero-order chi connectivity index (χ0) is 87.5. The number of anilines is 4. The summed E-state index contributed by atoms with van der Waals surface area (Å²) in [5.74, 6) is 2.01. The lowest BCUT2D eigenvalue weighted by Gasteiger charge is -2.22. The average Bonchev–Trinajstić information content (AvgIpc) is 1.70. The van der Waals surface area contributed by atoms with Crippen LogP contribution >= 0.6 is 23.2 Å². The number of nitrogens with zero attached hydrogens (tertiary/aromatic N) is 18. The van der Waals surface area contributed by atoms with Crippen LogP contribution in [0.15, 0.2) is 312 Å². The summed E-state index contributed by atoms with van der Waals surface area (Å²) >= 11 is 12.8. The molecule has 13 aromatic heterocycles. The van der Waals surface area contributed by atoms with Gasteiger partial charge in [0.15, 0.2) is 23.3 Å². The van der Waals surface area contributed by atoms with Crippen LogP contribution in [-0.4, -0.2) is 87.9 Å². The van der Waals surface area contributed by atoms with Crippen LogP contribution in [0, 0.1) is 12.7 Å². The lowest BCUT2D eigenvalue weighted by atomic mass is 9.99. The standard InChI is InChI=1S/C28H23N7O.C25H20ClN5O.C24H18FN5O.C21H18ClN5O/c1-18(33-27-26-23(30-17-31-27)12-7-13-29-26)24-14-19-8-6-11-22(20-15-32-34(2)16-20)25(19)28(36)35(24)21-9-4-3-5-10-21;1-15-6-3-8-18(12-15)31-21(13-17-7-4-9-19(26)22(17)25(31)32)16(2)30-24-23-20(28-14-29-24)10-5-11-27-23;1-15(29-23-22-20(27-14-28-23)8-5-11-26-22)21-12-16-9-10-17(25)13-19(16)24(31)30(21)18-6-3-2-4-7-18;1-12(26-20-19-16(24-11-25-20)6-3-9-23-19)17-10-13-4-2-5-15(22)18(13)21(28)27(17)14-7-8-14/h3-18H,1-2H3,(H,30,31,33);3-14,16H,1-2H3,(H,28,29,30);2-15H,1H3,(H,27,28,29);2-6,9-12,14H,7-8H2,1H3,(H,24,25,26)/t18-;16-;15-;12-/m0000/s1. The molecule has 1 aliphatic carbocycles. The average molecular weight is 1720 g/mol. The maximum atomic E-state index is 14.2. The zero-order valence-corrected chi connectivity index (χ0v) is 70.8. The minimum atomic E-state index is -0.443. The minimum Gasteiger partial charge on any atom is -0.360 e. The molecule has 1 aliphatic rings. The van der Waals surface area contributed by atoms with E-state index in [1.165, 1.54) is 37.4 Å². The summed E-state index contributed by atoms with van der Waals surface area (Å²) in [5, 5.41) is 24.2. The number of halogens is 3. The van der Waals surface area contributed by atoms with Gasteiger partial charge in [0.25, 0.3) is 22.2 Å². The van der Waals surface area contributed by atoms with E-state index in [1.54, 1.807) is 67.6 Å². The van der Waals surface area contributed by atoms with E-state index in [0.717, 1.165) is 102 Å². The van der Waals surface area contributed by atoms with Crippen LogP contribution in [0.5, 0.6) is 0 Å². The van der Waals surface area contributed by atoms with Crippen LogP contribution in [0.2, 0.25) is 10.0 Å². The first-order valence-electron chi connectivity index (χ1n) is 41.1. The molecule has 21 rings (SSSR count). The molecule has 0 saturated heterocycles. The quantitative estimate of drug-likeness (QED) is 0.0658. The summed E-state index contributed by atoms with van der Waals surface area (Å²) in [6.07, 6.45) is 18.6. The molecule has 0 unspecified atom stereocenters. The third kappa shape index (κ3) is 16.8. The Morgan fingerprint density at radius 2 is 0.772 bits per heavy atom. The third-order valence-corrected chi connectivity index (χ3v) is 22.8. The first-order chi connectivity index (χ1) is 61.9. The lowest BCUT2D eigenvalue weighted by molar-refractivity contribution is 0.629. The van der Waals surface area contributed by atoms with E-state index in [4.69, 9.17) is 23.2 Å². The number of fused-ring (bicyclic) bond motifs is 8. The van der Waals surface area contributed by atoms with Crippen molar-refractivity contribution in [3.05, 3.63) is 379 Å². The number of aryl methyl sites for hydroxylation is 2. The second-order valence-corrected chi connectivity index (χ2v) is 31.6. The fraction of sp³-hybridized carbons (Fsp3) is 0.133. The molecule has 29 heteroatoms. The first kappa shape index (κ1) is 82.2. The van der Waals surface area contributed by atoms with Crippen molar-refractivity contribution in [2.24, 2.45) is 7.05 Å². The van der Waals surface area contributed by atoms with Crippen LogP contribution < -0.4 is 43.5 Å². The molecule has 7 aromatic carbocycles. The van der Waals surface area contributed by atoms with Gasteiger partial charge < -0.3 is 25.8 Å². The predicted octanol–water partition coefficient (Wildman–Crippen LogP) is 19.5. The predicted molar refractivity (Wildman–Crippen MR) is 500 cm³/mol. The molecule has 1 saturated carbocycles. The summed E-state index contributed by atoms with van der Waals surface area (Å²) < 4.78 is 22.6. The van der Waals surface area contributed by atoms with Crippen molar-refractivity contribution in [1.29, 1.82) is 0 Å². The number of pyridine rings is 8. The van der Waals surface area contributed by atoms with E-state index >= 15 is 0 Å². The summed E-state index contributed by atoms with van der Waals surface area (Å²) in [6.45, 7) is 9.99. The van der Waals surface area contributed by atoms with Gasteiger partial charge in [-0.05, 0) is 214 Å². The molecule has 0 radical (unpaired) electrons. The monoisotopic (exact) mass is 1720 g/mol. The van der Waals surface area contributed by atoms with Crippen LogP contribution in [0.1, 0.15) is 99.1 Å². The van der Waals surface area contributed by atoms with Gasteiger partial charge in [0.1, 0.15) is 53.2 Å². The Hall–Kier alpha value is -15.7. The minimum absolute atomic E-state index is 0.0279. The Bertz CT molecular complexity index is 7850. The SMILES string of the molecule is C[C@H](Nc1ncnc2cccnc12)c1cc2ccc(F)cc2c(=O)n1-c1ccccc1.C[C@H](Nc1ncnc2cccnc12)c1cc2cccc(-c3cnn(C)c3)c2c(=O)n1-c1ccccc1.C[C@H](Nc1ncnc2cccnc12)c1cc2cccc(Cl)c2c(=O)n1C1CC1.Cc1cccc(-n2c([C@H](C)Nc3ncnc4cccnc34)cc3cccc(Cl)c3c2=O)c1. The highest BCUT2D eigenvalue weighted by molar-refractivity contribution is 6.36. The molecular formula is C98H79Cl2FN22O4. The Morgan fingerprint density at radius 3 is 1.22 bits per heavy atom. The van der Waals surface area contributed by atoms with E-state index < -0.39 is 5.82 Å². The van der Waals surface area contributed by atoms with Gasteiger partial charge in [-0.15, -0.1) is 0 Å². The number of rotatable bonds is 17.